The number of anilines is 1. The monoisotopic (exact) mass is 437 g/mol. The molecule has 1 aliphatic heterocycles. The van der Waals surface area contributed by atoms with Crippen LogP contribution in [0.4, 0.5) is 5.69 Å². The number of hydrogen-bond donors (Lipinski definition) is 1. The molecule has 3 heterocycles. The Labute approximate surface area is 193 Å². The first-order valence-electron chi connectivity index (χ1n) is 11.5. The van der Waals surface area contributed by atoms with Crippen molar-refractivity contribution in [1.82, 2.24) is 19.9 Å². The highest BCUT2D eigenvalue weighted by Gasteiger charge is 2.27. The Hall–Kier alpha value is -3.64. The lowest BCUT2D eigenvalue weighted by atomic mass is 9.99. The summed E-state index contributed by atoms with van der Waals surface area (Å²) in [6.45, 7) is 3.71. The smallest absolute Gasteiger partial charge is 0.259 e. The Bertz CT molecular complexity index is 1270. The molecule has 1 N–H and O–H groups in total. The van der Waals surface area contributed by atoms with Gasteiger partial charge < -0.3 is 5.32 Å². The number of hydrogen-bond acceptors (Lipinski definition) is 5. The number of carbonyl (C=O) groups excluding carboxylic acids is 1. The van der Waals surface area contributed by atoms with E-state index in [1.165, 1.54) is 10.9 Å². The summed E-state index contributed by atoms with van der Waals surface area (Å²) in [7, 11) is 0. The highest BCUT2D eigenvalue weighted by Crippen LogP contribution is 2.32. The third-order valence-electron chi connectivity index (χ3n) is 6.30. The van der Waals surface area contributed by atoms with Crippen LogP contribution in [-0.2, 0) is 6.54 Å². The molecular weight excluding hydrogens is 410 g/mol. The van der Waals surface area contributed by atoms with E-state index < -0.39 is 0 Å². The van der Waals surface area contributed by atoms with Gasteiger partial charge in [0, 0.05) is 30.0 Å². The van der Waals surface area contributed by atoms with Gasteiger partial charge in [0.15, 0.2) is 0 Å². The molecular formula is C27H27N5O. The van der Waals surface area contributed by atoms with Gasteiger partial charge in [-0.25, -0.2) is 9.97 Å². The maximum Gasteiger partial charge on any atom is 0.259 e. The molecule has 33 heavy (non-hydrogen) atoms. The van der Waals surface area contributed by atoms with Gasteiger partial charge in [0.25, 0.3) is 5.91 Å². The van der Waals surface area contributed by atoms with E-state index in [0.29, 0.717) is 11.3 Å². The molecule has 4 aromatic rings. The second-order valence-corrected chi connectivity index (χ2v) is 8.52. The number of fused-ring (bicyclic) bond motifs is 1. The predicted octanol–water partition coefficient (Wildman–Crippen LogP) is 5.31. The zero-order valence-corrected chi connectivity index (χ0v) is 18.7. The highest BCUT2D eigenvalue weighted by molar-refractivity contribution is 6.04. The lowest BCUT2D eigenvalue weighted by molar-refractivity contribution is 0.102. The molecule has 0 saturated carbocycles. The number of nitrogens with one attached hydrogen (secondary N) is 1. The number of amides is 1. The standard InChI is InChI=1S/C27H27N5O/c1-19-23(27(33)31-21-10-3-2-4-11-21)17-29-26(30-19)25-14-5-6-16-32(25)18-20-9-7-13-24-22(20)12-8-15-28-24/h2-4,7-13,15,17,25H,5-6,14,16,18H2,1H3,(H,31,33). The Balaban J connectivity index is 1.38. The minimum atomic E-state index is -0.186. The number of pyridine rings is 1. The van der Waals surface area contributed by atoms with Crippen LogP contribution in [0.15, 0.2) is 73.1 Å². The van der Waals surface area contributed by atoms with Crippen LogP contribution in [0.3, 0.4) is 0 Å². The van der Waals surface area contributed by atoms with Crippen LogP contribution in [0.25, 0.3) is 10.9 Å². The summed E-state index contributed by atoms with van der Waals surface area (Å²) in [5, 5.41) is 4.11. The van der Waals surface area contributed by atoms with Crippen LogP contribution < -0.4 is 5.32 Å². The molecule has 6 nitrogen and oxygen atoms in total. The fraction of sp³-hybridized carbons (Fsp3) is 0.259. The average molecular weight is 438 g/mol. The van der Waals surface area contributed by atoms with Crippen LogP contribution in [0, 0.1) is 6.92 Å². The minimum Gasteiger partial charge on any atom is -0.322 e. The molecule has 0 spiro atoms. The van der Waals surface area contributed by atoms with Gasteiger partial charge in [-0.3, -0.25) is 14.7 Å². The summed E-state index contributed by atoms with van der Waals surface area (Å²) >= 11 is 0. The van der Waals surface area contributed by atoms with Crippen molar-refractivity contribution in [3.8, 4) is 0 Å². The van der Waals surface area contributed by atoms with Crippen molar-refractivity contribution in [2.45, 2.75) is 38.8 Å². The van der Waals surface area contributed by atoms with Gasteiger partial charge in [-0.15, -0.1) is 0 Å². The first-order chi connectivity index (χ1) is 16.2. The first-order valence-corrected chi connectivity index (χ1v) is 11.5. The second-order valence-electron chi connectivity index (χ2n) is 8.52. The zero-order chi connectivity index (χ0) is 22.6. The SMILES string of the molecule is Cc1nc(C2CCCCN2Cc2cccc3ncccc23)ncc1C(=O)Nc1ccccc1. The molecule has 0 aliphatic carbocycles. The number of likely N-dealkylation sites (tertiary alicyclic amines) is 1. The van der Waals surface area contributed by atoms with E-state index in [-0.39, 0.29) is 11.9 Å². The van der Waals surface area contributed by atoms with E-state index in [1.807, 2.05) is 49.5 Å². The predicted molar refractivity (Wildman–Crippen MR) is 130 cm³/mol. The number of para-hydroxylation sites is 1. The Kier molecular flexibility index (Phi) is 6.09. The molecule has 1 amide bonds. The maximum absolute atomic E-state index is 12.7. The molecule has 1 aliphatic rings. The van der Waals surface area contributed by atoms with Gasteiger partial charge in [0.05, 0.1) is 22.8 Å². The van der Waals surface area contributed by atoms with Crippen LogP contribution in [-0.4, -0.2) is 32.3 Å². The van der Waals surface area contributed by atoms with E-state index in [9.17, 15) is 4.79 Å². The van der Waals surface area contributed by atoms with Crippen molar-refractivity contribution < 1.29 is 4.79 Å². The number of aryl methyl sites for hydroxylation is 1. The Morgan fingerprint density at radius 3 is 2.76 bits per heavy atom. The van der Waals surface area contributed by atoms with Gasteiger partial charge in [0.1, 0.15) is 5.82 Å². The molecule has 5 rings (SSSR count). The summed E-state index contributed by atoms with van der Waals surface area (Å²) in [5.41, 5.74) is 4.25. The molecule has 1 saturated heterocycles. The quantitative estimate of drug-likeness (QED) is 0.458. The molecule has 1 fully saturated rings. The third kappa shape index (κ3) is 4.61. The third-order valence-corrected chi connectivity index (χ3v) is 6.30. The molecule has 0 bridgehead atoms. The van der Waals surface area contributed by atoms with E-state index in [0.717, 1.165) is 49.4 Å². The van der Waals surface area contributed by atoms with E-state index >= 15 is 0 Å². The van der Waals surface area contributed by atoms with Gasteiger partial charge in [-0.2, -0.15) is 0 Å². The number of aromatic nitrogens is 3. The summed E-state index contributed by atoms with van der Waals surface area (Å²) < 4.78 is 0. The van der Waals surface area contributed by atoms with Crippen molar-refractivity contribution in [3.63, 3.8) is 0 Å². The minimum absolute atomic E-state index is 0.135. The normalized spacial score (nSPS) is 16.6. The number of piperidine rings is 1. The molecule has 1 atom stereocenters. The topological polar surface area (TPSA) is 71.0 Å². The fourth-order valence-corrected chi connectivity index (χ4v) is 4.58. The lowest BCUT2D eigenvalue weighted by Crippen LogP contribution is -2.34. The Morgan fingerprint density at radius 2 is 1.91 bits per heavy atom. The van der Waals surface area contributed by atoms with Crippen molar-refractivity contribution in [3.05, 3.63) is 95.7 Å². The van der Waals surface area contributed by atoms with Crippen molar-refractivity contribution in [1.29, 1.82) is 0 Å². The summed E-state index contributed by atoms with van der Waals surface area (Å²) in [6, 6.07) is 20.0. The molecule has 2 aromatic carbocycles. The van der Waals surface area contributed by atoms with Crippen LogP contribution in [0.5, 0.6) is 0 Å². The number of benzene rings is 2. The summed E-state index contributed by atoms with van der Waals surface area (Å²) in [5.74, 6) is 0.607. The van der Waals surface area contributed by atoms with Crippen molar-refractivity contribution >= 4 is 22.5 Å². The van der Waals surface area contributed by atoms with Crippen molar-refractivity contribution in [2.24, 2.45) is 0 Å². The van der Waals surface area contributed by atoms with Gasteiger partial charge >= 0.3 is 0 Å². The summed E-state index contributed by atoms with van der Waals surface area (Å²) in [4.78, 5) is 29.1. The molecule has 0 radical (unpaired) electrons. The average Bonchev–Trinajstić information content (AvgIpc) is 2.85. The highest BCUT2D eigenvalue weighted by atomic mass is 16.1. The van der Waals surface area contributed by atoms with Gasteiger partial charge in [-0.05, 0) is 56.1 Å². The number of rotatable bonds is 5. The second kappa shape index (κ2) is 9.46. The first kappa shape index (κ1) is 21.2. The fourth-order valence-electron chi connectivity index (χ4n) is 4.58. The van der Waals surface area contributed by atoms with Crippen LogP contribution in [0.2, 0.25) is 0 Å². The maximum atomic E-state index is 12.7. The zero-order valence-electron chi connectivity index (χ0n) is 18.7. The van der Waals surface area contributed by atoms with E-state index in [2.05, 4.69) is 44.5 Å². The number of carbonyl (C=O) groups is 1. The van der Waals surface area contributed by atoms with Gasteiger partial charge in [-0.1, -0.05) is 42.8 Å². The number of nitrogens with zero attached hydrogens (tertiary/aromatic N) is 4. The molecule has 166 valence electrons. The van der Waals surface area contributed by atoms with Gasteiger partial charge in [0.2, 0.25) is 0 Å². The van der Waals surface area contributed by atoms with E-state index in [4.69, 9.17) is 4.98 Å². The van der Waals surface area contributed by atoms with Crippen LogP contribution in [0.1, 0.15) is 52.7 Å². The molecule has 6 heteroatoms. The lowest BCUT2D eigenvalue weighted by Gasteiger charge is -2.35. The van der Waals surface area contributed by atoms with Crippen LogP contribution >= 0.6 is 0 Å². The summed E-state index contributed by atoms with van der Waals surface area (Å²) in [6.07, 6.45) is 6.83. The van der Waals surface area contributed by atoms with E-state index in [1.54, 1.807) is 6.20 Å². The largest absolute Gasteiger partial charge is 0.322 e. The molecule has 2 aromatic heterocycles. The Morgan fingerprint density at radius 1 is 1.03 bits per heavy atom. The van der Waals surface area contributed by atoms with Crippen molar-refractivity contribution in [2.75, 3.05) is 11.9 Å². The molecule has 1 unspecified atom stereocenters.